The second-order valence-corrected chi connectivity index (χ2v) is 4.55. The molecule has 0 aliphatic carbocycles. The molecule has 0 bridgehead atoms. The van der Waals surface area contributed by atoms with Crippen molar-refractivity contribution < 1.29 is 19.1 Å². The molecule has 0 atom stereocenters. The molecule has 114 valence electrons. The molecule has 0 saturated heterocycles. The summed E-state index contributed by atoms with van der Waals surface area (Å²) in [6.07, 6.45) is 0. The fraction of sp³-hybridized carbons (Fsp3) is 0.176. The average molecular weight is 299 g/mol. The van der Waals surface area contributed by atoms with Gasteiger partial charge in [-0.15, -0.1) is 0 Å². The van der Waals surface area contributed by atoms with Crippen molar-refractivity contribution in [2.45, 2.75) is 6.61 Å². The first kappa shape index (κ1) is 15.6. The Balaban J connectivity index is 1.94. The Morgan fingerprint density at radius 2 is 1.82 bits per heavy atom. The number of carbonyl (C=O) groups excluding carboxylic acids is 2. The van der Waals surface area contributed by atoms with Gasteiger partial charge in [-0.25, -0.2) is 4.79 Å². The van der Waals surface area contributed by atoms with Crippen LogP contribution in [0.1, 0.15) is 15.9 Å². The number of hydrogen-bond acceptors (Lipinski definition) is 4. The molecule has 2 aromatic carbocycles. The minimum Gasteiger partial charge on any atom is -0.489 e. The molecule has 0 unspecified atom stereocenters. The second-order valence-electron chi connectivity index (χ2n) is 4.55. The normalized spacial score (nSPS) is 9.86. The van der Waals surface area contributed by atoms with Crippen LogP contribution < -0.4 is 10.1 Å². The monoisotopic (exact) mass is 299 g/mol. The maximum absolute atomic E-state index is 11.8. The Hall–Kier alpha value is -2.82. The fourth-order valence-corrected chi connectivity index (χ4v) is 1.74. The van der Waals surface area contributed by atoms with Crippen molar-refractivity contribution in [3.63, 3.8) is 0 Å². The highest BCUT2D eigenvalue weighted by Gasteiger charge is 2.10. The van der Waals surface area contributed by atoms with E-state index in [0.29, 0.717) is 17.9 Å². The van der Waals surface area contributed by atoms with Gasteiger partial charge < -0.3 is 14.8 Å². The Bertz CT molecular complexity index is 640. The van der Waals surface area contributed by atoms with Gasteiger partial charge in [0.15, 0.2) is 6.61 Å². The minimum atomic E-state index is -0.561. The first-order valence-corrected chi connectivity index (χ1v) is 6.83. The molecule has 0 saturated carbocycles. The highest BCUT2D eigenvalue weighted by molar-refractivity contribution is 5.91. The van der Waals surface area contributed by atoms with Crippen molar-refractivity contribution in [3.05, 3.63) is 65.7 Å². The zero-order valence-corrected chi connectivity index (χ0v) is 12.2. The third-order valence-electron chi connectivity index (χ3n) is 2.93. The Morgan fingerprint density at radius 3 is 2.55 bits per heavy atom. The van der Waals surface area contributed by atoms with Gasteiger partial charge >= 0.3 is 5.97 Å². The molecule has 1 amide bonds. The van der Waals surface area contributed by atoms with Crippen molar-refractivity contribution in [3.8, 4) is 5.75 Å². The van der Waals surface area contributed by atoms with E-state index in [1.54, 1.807) is 24.3 Å². The van der Waals surface area contributed by atoms with Crippen LogP contribution in [0.25, 0.3) is 0 Å². The summed E-state index contributed by atoms with van der Waals surface area (Å²) in [6, 6.07) is 16.4. The Labute approximate surface area is 128 Å². The number of nitrogens with one attached hydrogen (secondary N) is 1. The smallest absolute Gasteiger partial charge is 0.338 e. The number of hydrogen-bond donors (Lipinski definition) is 1. The third kappa shape index (κ3) is 4.63. The highest BCUT2D eigenvalue weighted by Crippen LogP contribution is 2.16. The lowest BCUT2D eigenvalue weighted by Gasteiger charge is -2.08. The summed E-state index contributed by atoms with van der Waals surface area (Å²) in [5.74, 6) is -0.350. The molecule has 1 N–H and O–H groups in total. The van der Waals surface area contributed by atoms with Crippen LogP contribution in [-0.4, -0.2) is 25.5 Å². The number of benzene rings is 2. The molecule has 0 heterocycles. The average Bonchev–Trinajstić information content (AvgIpc) is 2.58. The standard InChI is InChI=1S/C17H17NO4/c1-18-16(19)12-22-17(20)14-8-5-9-15(10-14)21-11-13-6-3-2-4-7-13/h2-10H,11-12H2,1H3,(H,18,19). The number of carbonyl (C=O) groups is 2. The summed E-state index contributed by atoms with van der Waals surface area (Å²) in [5.41, 5.74) is 1.38. The van der Waals surface area contributed by atoms with E-state index in [9.17, 15) is 9.59 Å². The molecule has 2 aromatic rings. The zero-order chi connectivity index (χ0) is 15.8. The topological polar surface area (TPSA) is 64.6 Å². The predicted octanol–water partition coefficient (Wildman–Crippen LogP) is 2.17. The van der Waals surface area contributed by atoms with E-state index in [1.165, 1.54) is 7.05 Å². The molecule has 0 aliphatic heterocycles. The molecule has 0 radical (unpaired) electrons. The van der Waals surface area contributed by atoms with Crippen LogP contribution in [0, 0.1) is 0 Å². The van der Waals surface area contributed by atoms with E-state index in [-0.39, 0.29) is 12.5 Å². The van der Waals surface area contributed by atoms with Gasteiger partial charge in [-0.1, -0.05) is 36.4 Å². The fourth-order valence-electron chi connectivity index (χ4n) is 1.74. The van der Waals surface area contributed by atoms with Crippen molar-refractivity contribution in [1.82, 2.24) is 5.32 Å². The van der Waals surface area contributed by atoms with Crippen LogP contribution >= 0.6 is 0 Å². The van der Waals surface area contributed by atoms with Crippen LogP contribution in [0.4, 0.5) is 0 Å². The molecule has 0 fully saturated rings. The Morgan fingerprint density at radius 1 is 1.05 bits per heavy atom. The van der Waals surface area contributed by atoms with Crippen molar-refractivity contribution in [2.75, 3.05) is 13.7 Å². The summed E-state index contributed by atoms with van der Waals surface area (Å²) in [6.45, 7) is 0.113. The van der Waals surface area contributed by atoms with Crippen LogP contribution in [0.2, 0.25) is 0 Å². The lowest BCUT2D eigenvalue weighted by Crippen LogP contribution is -2.25. The van der Waals surface area contributed by atoms with Gasteiger partial charge in [-0.05, 0) is 23.8 Å². The summed E-state index contributed by atoms with van der Waals surface area (Å²) in [7, 11) is 1.48. The molecular weight excluding hydrogens is 282 g/mol. The second kappa shape index (κ2) is 7.83. The number of esters is 1. The van der Waals surface area contributed by atoms with Crippen molar-refractivity contribution in [1.29, 1.82) is 0 Å². The van der Waals surface area contributed by atoms with Gasteiger partial charge in [0.05, 0.1) is 5.56 Å². The van der Waals surface area contributed by atoms with Crippen LogP contribution in [0.5, 0.6) is 5.75 Å². The first-order chi connectivity index (χ1) is 10.7. The lowest BCUT2D eigenvalue weighted by atomic mass is 10.2. The van der Waals surface area contributed by atoms with Crippen molar-refractivity contribution >= 4 is 11.9 Å². The summed E-state index contributed by atoms with van der Waals surface area (Å²) < 4.78 is 10.5. The predicted molar refractivity (Wildman–Crippen MR) is 81.6 cm³/mol. The molecule has 5 nitrogen and oxygen atoms in total. The lowest BCUT2D eigenvalue weighted by molar-refractivity contribution is -0.123. The number of likely N-dealkylation sites (N-methyl/N-ethyl adjacent to an activating group) is 1. The van der Waals surface area contributed by atoms with Gasteiger partial charge in [0.1, 0.15) is 12.4 Å². The zero-order valence-electron chi connectivity index (χ0n) is 12.2. The minimum absolute atomic E-state index is 0.301. The van der Waals surface area contributed by atoms with E-state index in [0.717, 1.165) is 5.56 Å². The van der Waals surface area contributed by atoms with E-state index in [1.807, 2.05) is 30.3 Å². The van der Waals surface area contributed by atoms with E-state index < -0.39 is 5.97 Å². The number of rotatable bonds is 6. The van der Waals surface area contributed by atoms with E-state index in [4.69, 9.17) is 9.47 Å². The largest absolute Gasteiger partial charge is 0.489 e. The maximum atomic E-state index is 11.8. The summed E-state index contributed by atoms with van der Waals surface area (Å²) >= 11 is 0. The van der Waals surface area contributed by atoms with Gasteiger partial charge in [-0.3, -0.25) is 4.79 Å². The van der Waals surface area contributed by atoms with Crippen molar-refractivity contribution in [2.24, 2.45) is 0 Å². The Kier molecular flexibility index (Phi) is 5.54. The molecule has 0 spiro atoms. The number of ether oxygens (including phenoxy) is 2. The van der Waals surface area contributed by atoms with Crippen LogP contribution in [0.3, 0.4) is 0 Å². The van der Waals surface area contributed by atoms with E-state index >= 15 is 0 Å². The molecule has 5 heteroatoms. The molecule has 22 heavy (non-hydrogen) atoms. The highest BCUT2D eigenvalue weighted by atomic mass is 16.5. The quantitative estimate of drug-likeness (QED) is 0.830. The van der Waals surface area contributed by atoms with Crippen LogP contribution in [0.15, 0.2) is 54.6 Å². The SMILES string of the molecule is CNC(=O)COC(=O)c1cccc(OCc2ccccc2)c1. The molecular formula is C17H17NO4. The van der Waals surface area contributed by atoms with Crippen LogP contribution in [-0.2, 0) is 16.1 Å². The van der Waals surface area contributed by atoms with E-state index in [2.05, 4.69) is 5.32 Å². The first-order valence-electron chi connectivity index (χ1n) is 6.83. The maximum Gasteiger partial charge on any atom is 0.338 e. The molecule has 0 aliphatic rings. The van der Waals surface area contributed by atoms with Gasteiger partial charge in [-0.2, -0.15) is 0 Å². The van der Waals surface area contributed by atoms with Gasteiger partial charge in [0, 0.05) is 7.05 Å². The summed E-state index contributed by atoms with van der Waals surface area (Å²) in [4.78, 5) is 22.9. The number of amides is 1. The molecule has 0 aromatic heterocycles. The third-order valence-corrected chi connectivity index (χ3v) is 2.93. The van der Waals surface area contributed by atoms with Gasteiger partial charge in [0.2, 0.25) is 0 Å². The van der Waals surface area contributed by atoms with Gasteiger partial charge in [0.25, 0.3) is 5.91 Å². The summed E-state index contributed by atoms with van der Waals surface area (Å²) in [5, 5.41) is 2.38. The molecule has 2 rings (SSSR count).